The normalized spacial score (nSPS) is 12.5. The molecule has 13 heavy (non-hydrogen) atoms. The van der Waals surface area contributed by atoms with Crippen LogP contribution in [0.2, 0.25) is 0 Å². The molecule has 0 aliphatic heterocycles. The van der Waals surface area contributed by atoms with E-state index in [1.165, 1.54) is 6.20 Å². The van der Waals surface area contributed by atoms with Crippen molar-refractivity contribution < 1.29 is 4.79 Å². The van der Waals surface area contributed by atoms with Crippen molar-refractivity contribution in [2.45, 2.75) is 25.8 Å². The molecule has 0 saturated heterocycles. The Labute approximate surface area is 80.5 Å². The van der Waals surface area contributed by atoms with Gasteiger partial charge in [0.05, 0.1) is 12.2 Å². The zero-order chi connectivity index (χ0) is 9.68. The van der Waals surface area contributed by atoms with Gasteiger partial charge in [0, 0.05) is 11.5 Å². The molecular weight excluding hydrogens is 188 g/mol. The Bertz CT molecular complexity index is 261. The maximum atomic E-state index is 11.3. The third kappa shape index (κ3) is 3.08. The molecule has 1 amide bonds. The highest BCUT2D eigenvalue weighted by Crippen LogP contribution is 2.09. The number of amides is 1. The summed E-state index contributed by atoms with van der Waals surface area (Å²) in [7, 11) is 0. The largest absolute Gasteiger partial charge is 0.320 e. The lowest BCUT2D eigenvalue weighted by Crippen LogP contribution is -2.35. The van der Waals surface area contributed by atoms with Crippen molar-refractivity contribution in [3.8, 4) is 0 Å². The molecule has 0 spiro atoms. The van der Waals surface area contributed by atoms with Gasteiger partial charge in [-0.25, -0.2) is 0 Å². The van der Waals surface area contributed by atoms with Gasteiger partial charge in [-0.2, -0.15) is 0 Å². The first-order valence-electron chi connectivity index (χ1n) is 4.08. The molecule has 1 atom stereocenters. The Morgan fingerprint density at radius 2 is 2.62 bits per heavy atom. The molecule has 3 N–H and O–H groups in total. The molecule has 1 heterocycles. The summed E-state index contributed by atoms with van der Waals surface area (Å²) in [4.78, 5) is 11.3. The van der Waals surface area contributed by atoms with Gasteiger partial charge in [-0.05, 0) is 6.42 Å². The summed E-state index contributed by atoms with van der Waals surface area (Å²) in [6.45, 7) is 1.99. The van der Waals surface area contributed by atoms with Crippen LogP contribution in [-0.4, -0.2) is 21.5 Å². The predicted octanol–water partition coefficient (Wildman–Crippen LogP) is 0.604. The first kappa shape index (κ1) is 10.1. The van der Waals surface area contributed by atoms with E-state index in [4.69, 9.17) is 5.73 Å². The Morgan fingerprint density at radius 3 is 3.15 bits per heavy atom. The van der Waals surface area contributed by atoms with Gasteiger partial charge in [0.25, 0.3) is 0 Å². The van der Waals surface area contributed by atoms with Crippen LogP contribution in [-0.2, 0) is 4.79 Å². The topological polar surface area (TPSA) is 80.9 Å². The number of hydrogen-bond donors (Lipinski definition) is 2. The van der Waals surface area contributed by atoms with E-state index >= 15 is 0 Å². The van der Waals surface area contributed by atoms with Crippen LogP contribution in [0.5, 0.6) is 0 Å². The van der Waals surface area contributed by atoms with Gasteiger partial charge in [-0.3, -0.25) is 4.79 Å². The molecule has 0 fully saturated rings. The van der Waals surface area contributed by atoms with Crippen molar-refractivity contribution in [1.82, 2.24) is 9.59 Å². The Kier molecular flexibility index (Phi) is 3.78. The summed E-state index contributed by atoms with van der Waals surface area (Å²) in [6, 6.07) is -0.438. The summed E-state index contributed by atoms with van der Waals surface area (Å²) in [5.41, 5.74) is 5.60. The van der Waals surface area contributed by atoms with Crippen molar-refractivity contribution in [2.75, 3.05) is 5.32 Å². The van der Waals surface area contributed by atoms with E-state index < -0.39 is 6.04 Å². The molecule has 6 heteroatoms. The highest BCUT2D eigenvalue weighted by molar-refractivity contribution is 7.10. The van der Waals surface area contributed by atoms with Crippen molar-refractivity contribution in [2.24, 2.45) is 5.73 Å². The zero-order valence-electron chi connectivity index (χ0n) is 7.36. The number of nitrogens with zero attached hydrogens (tertiary/aromatic N) is 2. The molecule has 0 unspecified atom stereocenters. The van der Waals surface area contributed by atoms with Gasteiger partial charge in [-0.1, -0.05) is 17.8 Å². The smallest absolute Gasteiger partial charge is 0.241 e. The van der Waals surface area contributed by atoms with Crippen molar-refractivity contribution >= 4 is 22.4 Å². The lowest BCUT2D eigenvalue weighted by atomic mass is 10.2. The van der Waals surface area contributed by atoms with Crippen LogP contribution in [0, 0.1) is 0 Å². The number of rotatable bonds is 4. The molecule has 72 valence electrons. The second kappa shape index (κ2) is 4.88. The number of hydrogen-bond acceptors (Lipinski definition) is 5. The van der Waals surface area contributed by atoms with E-state index in [0.29, 0.717) is 11.4 Å². The molecule has 0 aliphatic carbocycles. The number of anilines is 1. The van der Waals surface area contributed by atoms with Gasteiger partial charge >= 0.3 is 0 Å². The van der Waals surface area contributed by atoms with Gasteiger partial charge < -0.3 is 11.1 Å². The molecule has 1 aromatic heterocycles. The Balaban J connectivity index is 2.41. The van der Waals surface area contributed by atoms with E-state index in [1.807, 2.05) is 6.92 Å². The average Bonchev–Trinajstić information content (AvgIpc) is 2.57. The summed E-state index contributed by atoms with van der Waals surface area (Å²) in [6.07, 6.45) is 3.09. The molecule has 0 radical (unpaired) electrons. The van der Waals surface area contributed by atoms with Crippen molar-refractivity contribution in [3.63, 3.8) is 0 Å². The number of nitrogens with two attached hydrogens (primary N) is 1. The van der Waals surface area contributed by atoms with Crippen LogP contribution in [0.3, 0.4) is 0 Å². The minimum atomic E-state index is -0.438. The van der Waals surface area contributed by atoms with Gasteiger partial charge in [-0.15, -0.1) is 5.10 Å². The SMILES string of the molecule is CCC[C@@H](N)C(=O)Nc1cnns1. The second-order valence-corrected chi connectivity index (χ2v) is 3.45. The average molecular weight is 200 g/mol. The maximum Gasteiger partial charge on any atom is 0.241 e. The molecule has 1 aromatic rings. The first-order valence-corrected chi connectivity index (χ1v) is 4.85. The van der Waals surface area contributed by atoms with Crippen LogP contribution < -0.4 is 11.1 Å². The summed E-state index contributed by atoms with van der Waals surface area (Å²) < 4.78 is 3.62. The lowest BCUT2D eigenvalue weighted by Gasteiger charge is -2.08. The zero-order valence-corrected chi connectivity index (χ0v) is 8.17. The third-order valence-corrected chi connectivity index (χ3v) is 2.12. The number of aromatic nitrogens is 2. The van der Waals surface area contributed by atoms with Gasteiger partial charge in [0.15, 0.2) is 0 Å². The predicted molar refractivity (Wildman–Crippen MR) is 51.4 cm³/mol. The molecule has 5 nitrogen and oxygen atoms in total. The third-order valence-electron chi connectivity index (χ3n) is 1.54. The summed E-state index contributed by atoms with van der Waals surface area (Å²) >= 11 is 1.14. The Morgan fingerprint density at radius 1 is 1.85 bits per heavy atom. The monoisotopic (exact) mass is 200 g/mol. The number of carbonyl (C=O) groups excluding carboxylic acids is 1. The van der Waals surface area contributed by atoms with Crippen LogP contribution in [0.1, 0.15) is 19.8 Å². The van der Waals surface area contributed by atoms with Gasteiger partial charge in [0.2, 0.25) is 5.91 Å². The van der Waals surface area contributed by atoms with Crippen LogP contribution in [0.15, 0.2) is 6.20 Å². The number of nitrogens with one attached hydrogen (secondary N) is 1. The van der Waals surface area contributed by atoms with Crippen molar-refractivity contribution in [3.05, 3.63) is 6.20 Å². The van der Waals surface area contributed by atoms with Gasteiger partial charge in [0.1, 0.15) is 5.00 Å². The highest BCUT2D eigenvalue weighted by Gasteiger charge is 2.12. The van der Waals surface area contributed by atoms with Crippen LogP contribution in [0.25, 0.3) is 0 Å². The summed E-state index contributed by atoms with van der Waals surface area (Å²) in [5.74, 6) is -0.173. The molecule has 0 saturated carbocycles. The van der Waals surface area contributed by atoms with E-state index in [1.54, 1.807) is 0 Å². The maximum absolute atomic E-state index is 11.3. The van der Waals surface area contributed by atoms with Crippen molar-refractivity contribution in [1.29, 1.82) is 0 Å². The van der Waals surface area contributed by atoms with E-state index in [2.05, 4.69) is 14.9 Å². The fourth-order valence-corrected chi connectivity index (χ4v) is 1.30. The molecule has 0 bridgehead atoms. The number of carbonyl (C=O) groups is 1. The minimum absolute atomic E-state index is 0.173. The summed E-state index contributed by atoms with van der Waals surface area (Å²) in [5, 5.41) is 6.87. The first-order chi connectivity index (χ1) is 6.24. The molecule has 0 aromatic carbocycles. The fourth-order valence-electron chi connectivity index (χ4n) is 0.878. The molecule has 1 rings (SSSR count). The quantitative estimate of drug-likeness (QED) is 0.746. The van der Waals surface area contributed by atoms with E-state index in [-0.39, 0.29) is 5.91 Å². The second-order valence-electron chi connectivity index (χ2n) is 2.67. The standard InChI is InChI=1S/C7H12N4OS/c1-2-3-5(8)7(12)10-6-4-9-11-13-6/h4-5H,2-3,8H2,1H3,(H,10,12)/t5-/m1/s1. The fraction of sp³-hybridized carbons (Fsp3) is 0.571. The van der Waals surface area contributed by atoms with Crippen LogP contribution in [0.4, 0.5) is 5.00 Å². The Hall–Kier alpha value is -1.01. The highest BCUT2D eigenvalue weighted by atomic mass is 32.1. The minimum Gasteiger partial charge on any atom is -0.320 e. The van der Waals surface area contributed by atoms with E-state index in [9.17, 15) is 4.79 Å². The van der Waals surface area contributed by atoms with Crippen LogP contribution >= 0.6 is 11.5 Å². The lowest BCUT2D eigenvalue weighted by molar-refractivity contribution is -0.117. The molecule has 0 aliphatic rings. The van der Waals surface area contributed by atoms with E-state index in [0.717, 1.165) is 18.0 Å². The molecular formula is C7H12N4OS.